The van der Waals surface area contributed by atoms with E-state index >= 15 is 0 Å². The number of hydrogen-bond acceptors (Lipinski definition) is 6. The van der Waals surface area contributed by atoms with Crippen molar-refractivity contribution in [2.45, 2.75) is 57.5 Å². The first-order valence-electron chi connectivity index (χ1n) is 12.4. The summed E-state index contributed by atoms with van der Waals surface area (Å²) in [5.41, 5.74) is 1.91. The average Bonchev–Trinajstić information content (AvgIpc) is 3.33. The number of nitrogens with one attached hydrogen (secondary N) is 1. The zero-order valence-corrected chi connectivity index (χ0v) is 23.3. The van der Waals surface area contributed by atoms with Gasteiger partial charge in [0.1, 0.15) is 5.82 Å². The van der Waals surface area contributed by atoms with Gasteiger partial charge in [0.2, 0.25) is 5.91 Å². The van der Waals surface area contributed by atoms with E-state index in [4.69, 9.17) is 0 Å². The van der Waals surface area contributed by atoms with Gasteiger partial charge in [0, 0.05) is 75.1 Å². The van der Waals surface area contributed by atoms with Crippen LogP contribution in [0.15, 0.2) is 30.6 Å². The lowest BCUT2D eigenvalue weighted by Crippen LogP contribution is -2.60. The fourth-order valence-corrected chi connectivity index (χ4v) is 5.57. The predicted molar refractivity (Wildman–Crippen MR) is 147 cm³/mol. The van der Waals surface area contributed by atoms with Crippen molar-refractivity contribution >= 4 is 42.2 Å². The number of piperazine rings is 1. The SMILES string of the molecule is C[C@@H]1CN(CC(=O)N2CC(C)(C)c3ncc(C(C)(F)F)cc32)[C@@H](CN2CCc3cccnc32)CN1.Cl.Cl. The molecule has 3 aliphatic heterocycles. The Bertz CT molecular complexity index is 1130. The van der Waals surface area contributed by atoms with Crippen LogP contribution in [0.4, 0.5) is 20.3 Å². The van der Waals surface area contributed by atoms with Crippen LogP contribution in [0, 0.1) is 0 Å². The second-order valence-electron chi connectivity index (χ2n) is 10.9. The van der Waals surface area contributed by atoms with Crippen LogP contribution in [0.5, 0.6) is 0 Å². The molecular formula is C26H36Cl2F2N6O. The van der Waals surface area contributed by atoms with E-state index < -0.39 is 11.3 Å². The summed E-state index contributed by atoms with van der Waals surface area (Å²) in [7, 11) is 0. The molecule has 1 amide bonds. The standard InChI is InChI=1S/C26H34F2N6O.2ClH/c1-17-13-33(20(12-30-17)14-32-9-7-18-6-5-8-29-24(18)32)15-22(35)34-16-25(2,3)23-21(34)10-19(11-31-23)26(4,27)28;;/h5-6,8,10-11,17,20,30H,7,9,12-16H2,1-4H3;2*1H/t17-,20-;;/m1../s1. The molecule has 37 heavy (non-hydrogen) atoms. The van der Waals surface area contributed by atoms with Crippen LogP contribution < -0.4 is 15.1 Å². The summed E-state index contributed by atoms with van der Waals surface area (Å²) < 4.78 is 28.1. The monoisotopic (exact) mass is 556 g/mol. The zero-order chi connectivity index (χ0) is 25.0. The second-order valence-corrected chi connectivity index (χ2v) is 10.9. The summed E-state index contributed by atoms with van der Waals surface area (Å²) in [5, 5.41) is 3.55. The number of halogens is 4. The first kappa shape index (κ1) is 29.5. The van der Waals surface area contributed by atoms with Gasteiger partial charge in [-0.2, -0.15) is 0 Å². The molecule has 0 saturated carbocycles. The minimum Gasteiger partial charge on any atom is -0.354 e. The Labute approximate surface area is 229 Å². The van der Waals surface area contributed by atoms with Crippen molar-refractivity contribution < 1.29 is 13.6 Å². The molecule has 0 unspecified atom stereocenters. The Morgan fingerprint density at radius 2 is 2.03 bits per heavy atom. The summed E-state index contributed by atoms with van der Waals surface area (Å²) in [6, 6.07) is 5.94. The van der Waals surface area contributed by atoms with Gasteiger partial charge in [-0.15, -0.1) is 24.8 Å². The molecule has 1 N–H and O–H groups in total. The lowest BCUT2D eigenvalue weighted by atomic mass is 9.91. The van der Waals surface area contributed by atoms with E-state index in [0.29, 0.717) is 17.9 Å². The minimum absolute atomic E-state index is 0. The van der Waals surface area contributed by atoms with Crippen molar-refractivity contribution in [3.05, 3.63) is 47.4 Å². The largest absolute Gasteiger partial charge is 0.354 e. The van der Waals surface area contributed by atoms with Crippen LogP contribution in [0.1, 0.15) is 44.5 Å². The van der Waals surface area contributed by atoms with Gasteiger partial charge in [0.05, 0.1) is 17.9 Å². The Balaban J connectivity index is 0.00000190. The lowest BCUT2D eigenvalue weighted by molar-refractivity contribution is -0.120. The summed E-state index contributed by atoms with van der Waals surface area (Å²) in [4.78, 5) is 28.8. The van der Waals surface area contributed by atoms with Crippen molar-refractivity contribution in [2.24, 2.45) is 0 Å². The van der Waals surface area contributed by atoms with E-state index in [9.17, 15) is 13.6 Å². The molecule has 0 bridgehead atoms. The third kappa shape index (κ3) is 5.85. The van der Waals surface area contributed by atoms with E-state index in [1.807, 2.05) is 26.1 Å². The Morgan fingerprint density at radius 1 is 1.27 bits per heavy atom. The topological polar surface area (TPSA) is 64.6 Å². The zero-order valence-electron chi connectivity index (χ0n) is 21.7. The number of aromatic nitrogens is 2. The lowest BCUT2D eigenvalue weighted by Gasteiger charge is -2.41. The fourth-order valence-electron chi connectivity index (χ4n) is 5.57. The van der Waals surface area contributed by atoms with Gasteiger partial charge in [-0.05, 0) is 31.0 Å². The maximum atomic E-state index is 14.0. The molecule has 1 saturated heterocycles. The smallest absolute Gasteiger partial charge is 0.272 e. The summed E-state index contributed by atoms with van der Waals surface area (Å²) in [6.45, 7) is 10.9. The number of alkyl halides is 2. The van der Waals surface area contributed by atoms with Gasteiger partial charge in [-0.1, -0.05) is 19.9 Å². The van der Waals surface area contributed by atoms with Gasteiger partial charge < -0.3 is 15.1 Å². The fraction of sp³-hybridized carbons (Fsp3) is 0.577. The molecule has 3 aliphatic rings. The van der Waals surface area contributed by atoms with Crippen molar-refractivity contribution in [1.82, 2.24) is 20.2 Å². The normalized spacial score (nSPS) is 22.6. The molecule has 204 valence electrons. The first-order valence-corrected chi connectivity index (χ1v) is 12.4. The van der Waals surface area contributed by atoms with Crippen LogP contribution in [0.3, 0.4) is 0 Å². The highest BCUT2D eigenvalue weighted by molar-refractivity contribution is 5.97. The van der Waals surface area contributed by atoms with Crippen molar-refractivity contribution in [3.8, 4) is 0 Å². The van der Waals surface area contributed by atoms with E-state index in [-0.39, 0.29) is 54.9 Å². The molecule has 0 aliphatic carbocycles. The number of pyridine rings is 2. The molecule has 2 aromatic heterocycles. The molecule has 11 heteroatoms. The number of carbonyl (C=O) groups excluding carboxylic acids is 1. The molecule has 5 rings (SSSR count). The third-order valence-corrected chi connectivity index (χ3v) is 7.48. The van der Waals surface area contributed by atoms with Gasteiger partial charge in [0.15, 0.2) is 0 Å². The van der Waals surface area contributed by atoms with Crippen LogP contribution in [-0.4, -0.2) is 72.1 Å². The second kappa shape index (κ2) is 11.0. The highest BCUT2D eigenvalue weighted by Gasteiger charge is 2.42. The average molecular weight is 558 g/mol. The van der Waals surface area contributed by atoms with E-state index in [1.165, 1.54) is 17.8 Å². The van der Waals surface area contributed by atoms with Crippen LogP contribution in [0.25, 0.3) is 0 Å². The van der Waals surface area contributed by atoms with Gasteiger partial charge in [0.25, 0.3) is 5.92 Å². The highest BCUT2D eigenvalue weighted by Crippen LogP contribution is 2.41. The van der Waals surface area contributed by atoms with Crippen LogP contribution in [-0.2, 0) is 22.6 Å². The Morgan fingerprint density at radius 3 is 2.76 bits per heavy atom. The van der Waals surface area contributed by atoms with E-state index in [0.717, 1.165) is 45.3 Å². The van der Waals surface area contributed by atoms with Crippen LogP contribution >= 0.6 is 24.8 Å². The summed E-state index contributed by atoms with van der Waals surface area (Å²) >= 11 is 0. The molecule has 7 nitrogen and oxygen atoms in total. The summed E-state index contributed by atoms with van der Waals surface area (Å²) in [6.07, 6.45) is 4.05. The number of carbonyl (C=O) groups is 1. The number of amides is 1. The molecule has 5 heterocycles. The van der Waals surface area contributed by atoms with Crippen LogP contribution in [0.2, 0.25) is 0 Å². The number of rotatable bonds is 5. The molecule has 1 fully saturated rings. The molecule has 0 spiro atoms. The van der Waals surface area contributed by atoms with Crippen molar-refractivity contribution in [1.29, 1.82) is 0 Å². The van der Waals surface area contributed by atoms with Crippen molar-refractivity contribution in [2.75, 3.05) is 49.1 Å². The van der Waals surface area contributed by atoms with Gasteiger partial charge in [-0.25, -0.2) is 13.8 Å². The van der Waals surface area contributed by atoms with E-state index in [2.05, 4.69) is 38.1 Å². The first-order chi connectivity index (χ1) is 16.5. The Kier molecular flexibility index (Phi) is 8.74. The Hall–Kier alpha value is -2.07. The molecular weight excluding hydrogens is 521 g/mol. The third-order valence-electron chi connectivity index (χ3n) is 7.48. The predicted octanol–water partition coefficient (Wildman–Crippen LogP) is 3.78. The molecule has 2 atom stereocenters. The maximum absolute atomic E-state index is 14.0. The number of anilines is 2. The molecule has 2 aromatic rings. The minimum atomic E-state index is -3.01. The number of nitrogens with zero attached hydrogens (tertiary/aromatic N) is 5. The van der Waals surface area contributed by atoms with Crippen molar-refractivity contribution in [3.63, 3.8) is 0 Å². The molecule has 0 radical (unpaired) electrons. The number of hydrogen-bond donors (Lipinski definition) is 1. The quantitative estimate of drug-likeness (QED) is 0.604. The molecule has 0 aromatic carbocycles. The maximum Gasteiger partial charge on any atom is 0.272 e. The van der Waals surface area contributed by atoms with E-state index in [1.54, 1.807) is 4.90 Å². The highest BCUT2D eigenvalue weighted by atomic mass is 35.5. The number of fused-ring (bicyclic) bond motifs is 2. The van der Waals surface area contributed by atoms with Gasteiger partial charge in [-0.3, -0.25) is 14.7 Å². The van der Waals surface area contributed by atoms with Gasteiger partial charge >= 0.3 is 0 Å². The summed E-state index contributed by atoms with van der Waals surface area (Å²) in [5.74, 6) is -2.05.